The maximum absolute atomic E-state index is 3.42. The van der Waals surface area contributed by atoms with Crippen molar-refractivity contribution in [3.05, 3.63) is 35.9 Å². The van der Waals surface area contributed by atoms with Crippen LogP contribution in [0.4, 0.5) is 0 Å². The second-order valence-electron chi connectivity index (χ2n) is 4.77. The normalized spacial score (nSPS) is 30.6. The van der Waals surface area contributed by atoms with Crippen molar-refractivity contribution in [1.82, 2.24) is 21.1 Å². The van der Waals surface area contributed by atoms with E-state index in [1.165, 1.54) is 5.56 Å². The van der Waals surface area contributed by atoms with Gasteiger partial charge in [-0.1, -0.05) is 30.3 Å². The second kappa shape index (κ2) is 5.14. The molecule has 1 aromatic carbocycles. The van der Waals surface area contributed by atoms with Crippen LogP contribution in [0.2, 0.25) is 0 Å². The molecule has 2 atom stereocenters. The molecule has 0 saturated carbocycles. The van der Waals surface area contributed by atoms with E-state index in [0.29, 0.717) is 12.1 Å². The number of benzene rings is 1. The van der Waals surface area contributed by atoms with Crippen LogP contribution in [0.25, 0.3) is 0 Å². The maximum atomic E-state index is 3.42. The zero-order chi connectivity index (χ0) is 11.5. The molecule has 2 heterocycles. The molecule has 2 saturated heterocycles. The Bertz CT molecular complexity index is 348. The van der Waals surface area contributed by atoms with E-state index in [1.54, 1.807) is 0 Å². The summed E-state index contributed by atoms with van der Waals surface area (Å²) < 4.78 is 0. The lowest BCUT2D eigenvalue weighted by Gasteiger charge is -2.35. The first-order valence-corrected chi connectivity index (χ1v) is 6.43. The van der Waals surface area contributed by atoms with Crippen molar-refractivity contribution in [2.75, 3.05) is 32.7 Å². The van der Waals surface area contributed by atoms with Crippen LogP contribution in [0, 0.1) is 0 Å². The van der Waals surface area contributed by atoms with Crippen LogP contribution < -0.4 is 16.2 Å². The fraction of sp³-hybridized carbons (Fsp3) is 0.538. The van der Waals surface area contributed by atoms with Crippen LogP contribution in [0.15, 0.2) is 30.3 Å². The molecular weight excluding hydrogens is 212 g/mol. The summed E-state index contributed by atoms with van der Waals surface area (Å²) in [5.74, 6) is 0.550. The third-order valence-electron chi connectivity index (χ3n) is 3.73. The van der Waals surface area contributed by atoms with Crippen molar-refractivity contribution in [1.29, 1.82) is 0 Å². The Kier molecular flexibility index (Phi) is 3.38. The van der Waals surface area contributed by atoms with Crippen LogP contribution >= 0.6 is 0 Å². The number of nitrogens with zero attached hydrogens (tertiary/aromatic N) is 1. The van der Waals surface area contributed by atoms with Crippen LogP contribution in [-0.2, 0) is 0 Å². The van der Waals surface area contributed by atoms with Gasteiger partial charge in [0.15, 0.2) is 0 Å². The van der Waals surface area contributed by atoms with Gasteiger partial charge in [0, 0.05) is 38.6 Å². The molecule has 0 bridgehead atoms. The Labute approximate surface area is 102 Å². The summed E-state index contributed by atoms with van der Waals surface area (Å²) in [4.78, 5) is 2.54. The molecular formula is C13H20N4. The average molecular weight is 232 g/mol. The van der Waals surface area contributed by atoms with Gasteiger partial charge in [0.1, 0.15) is 0 Å². The summed E-state index contributed by atoms with van der Waals surface area (Å²) in [6.45, 7) is 5.46. The highest BCUT2D eigenvalue weighted by Gasteiger charge is 2.33. The van der Waals surface area contributed by atoms with Crippen molar-refractivity contribution in [2.45, 2.75) is 12.1 Å². The third-order valence-corrected chi connectivity index (χ3v) is 3.73. The van der Waals surface area contributed by atoms with Crippen molar-refractivity contribution in [3.8, 4) is 0 Å². The summed E-state index contributed by atoms with van der Waals surface area (Å²) in [7, 11) is 0. The minimum atomic E-state index is 0.430. The van der Waals surface area contributed by atoms with E-state index in [1.807, 2.05) is 0 Å². The van der Waals surface area contributed by atoms with Crippen LogP contribution in [0.3, 0.4) is 0 Å². The molecule has 2 fully saturated rings. The highest BCUT2D eigenvalue weighted by molar-refractivity contribution is 5.22. The monoisotopic (exact) mass is 232 g/mol. The van der Waals surface area contributed by atoms with E-state index in [9.17, 15) is 0 Å². The molecule has 3 rings (SSSR count). The number of hydrazine groups is 1. The zero-order valence-electron chi connectivity index (χ0n) is 10.0. The minimum Gasteiger partial charge on any atom is -0.314 e. The van der Waals surface area contributed by atoms with E-state index < -0.39 is 0 Å². The molecule has 2 aliphatic rings. The Hall–Kier alpha value is -0.940. The Morgan fingerprint density at radius 2 is 1.82 bits per heavy atom. The number of piperazine rings is 1. The first-order chi connectivity index (χ1) is 8.45. The van der Waals surface area contributed by atoms with Crippen LogP contribution in [-0.4, -0.2) is 43.8 Å². The molecule has 92 valence electrons. The van der Waals surface area contributed by atoms with E-state index in [0.717, 1.165) is 32.7 Å². The second-order valence-corrected chi connectivity index (χ2v) is 4.77. The summed E-state index contributed by atoms with van der Waals surface area (Å²) in [5.41, 5.74) is 8.15. The predicted octanol–water partition coefficient (Wildman–Crippen LogP) is 0.109. The molecule has 2 unspecified atom stereocenters. The van der Waals surface area contributed by atoms with Gasteiger partial charge in [-0.3, -0.25) is 10.3 Å². The first-order valence-electron chi connectivity index (χ1n) is 6.43. The minimum absolute atomic E-state index is 0.430. The number of hydrogen-bond acceptors (Lipinski definition) is 4. The maximum Gasteiger partial charge on any atom is 0.0812 e. The van der Waals surface area contributed by atoms with Crippen molar-refractivity contribution in [2.24, 2.45) is 0 Å². The van der Waals surface area contributed by atoms with Crippen LogP contribution in [0.5, 0.6) is 0 Å². The fourth-order valence-electron chi connectivity index (χ4n) is 2.79. The summed E-state index contributed by atoms with van der Waals surface area (Å²) in [6.07, 6.45) is 0.430. The number of hydrogen-bond donors (Lipinski definition) is 3. The summed E-state index contributed by atoms with van der Waals surface area (Å²) in [6, 6.07) is 10.8. The van der Waals surface area contributed by atoms with Gasteiger partial charge in [0.05, 0.1) is 6.17 Å². The Balaban J connectivity index is 1.75. The standard InChI is InChI=1S/C13H20N4/c1-2-4-11(5-3-1)12-10-15-16-13(12)17-8-6-14-7-9-17/h1-5,12-16H,6-10H2. The Morgan fingerprint density at radius 3 is 2.59 bits per heavy atom. The number of rotatable bonds is 2. The SMILES string of the molecule is c1ccc(C2CNNC2N2CCNCC2)cc1. The highest BCUT2D eigenvalue weighted by Crippen LogP contribution is 2.24. The van der Waals surface area contributed by atoms with E-state index in [2.05, 4.69) is 51.4 Å². The lowest BCUT2D eigenvalue weighted by atomic mass is 9.96. The van der Waals surface area contributed by atoms with E-state index in [-0.39, 0.29) is 0 Å². The highest BCUT2D eigenvalue weighted by atomic mass is 15.5. The van der Waals surface area contributed by atoms with E-state index in [4.69, 9.17) is 0 Å². The van der Waals surface area contributed by atoms with Crippen molar-refractivity contribution < 1.29 is 0 Å². The lowest BCUT2D eigenvalue weighted by Crippen LogP contribution is -2.54. The predicted molar refractivity (Wildman–Crippen MR) is 68.6 cm³/mol. The number of nitrogens with one attached hydrogen (secondary N) is 3. The molecule has 4 nitrogen and oxygen atoms in total. The van der Waals surface area contributed by atoms with Crippen molar-refractivity contribution in [3.63, 3.8) is 0 Å². The fourth-order valence-corrected chi connectivity index (χ4v) is 2.79. The van der Waals surface area contributed by atoms with Gasteiger partial charge >= 0.3 is 0 Å². The molecule has 0 aliphatic carbocycles. The first kappa shape index (κ1) is 11.2. The molecule has 17 heavy (non-hydrogen) atoms. The van der Waals surface area contributed by atoms with Gasteiger partial charge in [0.25, 0.3) is 0 Å². The molecule has 0 aromatic heterocycles. The molecule has 0 radical (unpaired) electrons. The molecule has 0 amide bonds. The summed E-state index contributed by atoms with van der Waals surface area (Å²) >= 11 is 0. The molecule has 3 N–H and O–H groups in total. The zero-order valence-corrected chi connectivity index (χ0v) is 10.0. The van der Waals surface area contributed by atoms with Crippen LogP contribution in [0.1, 0.15) is 11.5 Å². The van der Waals surface area contributed by atoms with Crippen molar-refractivity contribution >= 4 is 0 Å². The largest absolute Gasteiger partial charge is 0.314 e. The molecule has 2 aliphatic heterocycles. The van der Waals surface area contributed by atoms with Gasteiger partial charge < -0.3 is 5.32 Å². The topological polar surface area (TPSA) is 39.3 Å². The van der Waals surface area contributed by atoms with Gasteiger partial charge in [-0.2, -0.15) is 0 Å². The van der Waals surface area contributed by atoms with E-state index >= 15 is 0 Å². The van der Waals surface area contributed by atoms with Gasteiger partial charge in [-0.25, -0.2) is 5.43 Å². The Morgan fingerprint density at radius 1 is 1.06 bits per heavy atom. The third kappa shape index (κ3) is 2.35. The van der Waals surface area contributed by atoms with Gasteiger partial charge in [0.2, 0.25) is 0 Å². The molecule has 4 heteroatoms. The lowest BCUT2D eigenvalue weighted by molar-refractivity contribution is 0.144. The van der Waals surface area contributed by atoms with Gasteiger partial charge in [-0.05, 0) is 5.56 Å². The molecule has 0 spiro atoms. The smallest absolute Gasteiger partial charge is 0.0812 e. The molecule has 1 aromatic rings. The van der Waals surface area contributed by atoms with Gasteiger partial charge in [-0.15, -0.1) is 0 Å². The quantitative estimate of drug-likeness (QED) is 0.677. The average Bonchev–Trinajstić information content (AvgIpc) is 2.90. The summed E-state index contributed by atoms with van der Waals surface area (Å²) in [5, 5.41) is 3.40.